The van der Waals surface area contributed by atoms with Crippen molar-refractivity contribution in [1.29, 1.82) is 0 Å². The van der Waals surface area contributed by atoms with Crippen molar-refractivity contribution in [3.63, 3.8) is 0 Å². The zero-order valence-corrected chi connectivity index (χ0v) is 13.3. The zero-order valence-electron chi connectivity index (χ0n) is 12.4. The molecule has 0 radical (unpaired) electrons. The molecule has 1 aliphatic rings. The van der Waals surface area contributed by atoms with E-state index in [9.17, 15) is 8.42 Å². The summed E-state index contributed by atoms with van der Waals surface area (Å²) in [6.45, 7) is 1.97. The van der Waals surface area contributed by atoms with Crippen LogP contribution in [-0.4, -0.2) is 53.6 Å². The molecule has 118 valence electrons. The predicted molar refractivity (Wildman–Crippen MR) is 85.0 cm³/mol. The summed E-state index contributed by atoms with van der Waals surface area (Å²) in [6.07, 6.45) is 6.21. The van der Waals surface area contributed by atoms with Crippen molar-refractivity contribution in [3.05, 3.63) is 24.7 Å². The van der Waals surface area contributed by atoms with Gasteiger partial charge < -0.3 is 5.32 Å². The topological polar surface area (TPSA) is 88.1 Å². The predicted octanol–water partition coefficient (Wildman–Crippen LogP) is 1.11. The van der Waals surface area contributed by atoms with Crippen LogP contribution in [0.2, 0.25) is 0 Å². The standard InChI is InChI=1S/C14H19N5O2S/c1-22(20,21)19-7-4-11(5-8-19)9-16-14-12-3-2-6-15-13(12)17-10-18-14/h2-3,6,10-11H,4-5,7-9H2,1H3,(H,15,16,17,18). The fourth-order valence-electron chi connectivity index (χ4n) is 2.72. The fourth-order valence-corrected chi connectivity index (χ4v) is 3.60. The highest BCUT2D eigenvalue weighted by atomic mass is 32.2. The van der Waals surface area contributed by atoms with Crippen LogP contribution in [0.3, 0.4) is 0 Å². The summed E-state index contributed by atoms with van der Waals surface area (Å²) in [6, 6.07) is 3.80. The van der Waals surface area contributed by atoms with Crippen molar-refractivity contribution < 1.29 is 8.42 Å². The van der Waals surface area contributed by atoms with Gasteiger partial charge in [0.15, 0.2) is 5.65 Å². The van der Waals surface area contributed by atoms with Gasteiger partial charge >= 0.3 is 0 Å². The van der Waals surface area contributed by atoms with Crippen molar-refractivity contribution in [1.82, 2.24) is 19.3 Å². The molecule has 7 nitrogen and oxygen atoms in total. The molecule has 2 aromatic heterocycles. The number of rotatable bonds is 4. The van der Waals surface area contributed by atoms with E-state index in [4.69, 9.17) is 0 Å². The van der Waals surface area contributed by atoms with E-state index in [2.05, 4.69) is 20.3 Å². The number of pyridine rings is 1. The van der Waals surface area contributed by atoms with E-state index < -0.39 is 10.0 Å². The molecule has 2 aromatic rings. The molecule has 1 aliphatic heterocycles. The van der Waals surface area contributed by atoms with E-state index >= 15 is 0 Å². The lowest BCUT2D eigenvalue weighted by Gasteiger charge is -2.30. The van der Waals surface area contributed by atoms with Gasteiger partial charge in [-0.1, -0.05) is 0 Å². The average Bonchev–Trinajstić information content (AvgIpc) is 2.52. The van der Waals surface area contributed by atoms with Crippen LogP contribution >= 0.6 is 0 Å². The SMILES string of the molecule is CS(=O)(=O)N1CCC(CNc2ncnc3ncccc23)CC1. The number of nitrogens with zero attached hydrogens (tertiary/aromatic N) is 4. The number of fused-ring (bicyclic) bond motifs is 1. The fraction of sp³-hybridized carbons (Fsp3) is 0.500. The molecule has 22 heavy (non-hydrogen) atoms. The van der Waals surface area contributed by atoms with Gasteiger partial charge in [0, 0.05) is 25.8 Å². The summed E-state index contributed by atoms with van der Waals surface area (Å²) in [5, 5.41) is 4.25. The Bertz CT molecular complexity index is 751. The first-order valence-electron chi connectivity index (χ1n) is 7.29. The summed E-state index contributed by atoms with van der Waals surface area (Å²) in [5.41, 5.74) is 0.673. The molecule has 0 unspecified atom stereocenters. The highest BCUT2D eigenvalue weighted by molar-refractivity contribution is 7.88. The van der Waals surface area contributed by atoms with Gasteiger partial charge in [-0.25, -0.2) is 27.7 Å². The van der Waals surface area contributed by atoms with Crippen LogP contribution in [0.1, 0.15) is 12.8 Å². The number of sulfonamides is 1. The molecular weight excluding hydrogens is 302 g/mol. The highest BCUT2D eigenvalue weighted by Crippen LogP contribution is 2.21. The van der Waals surface area contributed by atoms with E-state index in [1.54, 1.807) is 10.5 Å². The summed E-state index contributed by atoms with van der Waals surface area (Å²) >= 11 is 0. The van der Waals surface area contributed by atoms with Gasteiger partial charge in [-0.05, 0) is 30.9 Å². The number of anilines is 1. The Morgan fingerprint density at radius 3 is 2.77 bits per heavy atom. The van der Waals surface area contributed by atoms with Crippen LogP contribution in [-0.2, 0) is 10.0 Å². The van der Waals surface area contributed by atoms with E-state index in [0.29, 0.717) is 24.7 Å². The van der Waals surface area contributed by atoms with Gasteiger partial charge in [0.05, 0.1) is 11.6 Å². The van der Waals surface area contributed by atoms with Crippen LogP contribution in [0.4, 0.5) is 5.82 Å². The molecule has 0 amide bonds. The first-order valence-corrected chi connectivity index (χ1v) is 9.13. The molecular formula is C14H19N5O2S. The maximum Gasteiger partial charge on any atom is 0.211 e. The van der Waals surface area contributed by atoms with Crippen LogP contribution in [0.25, 0.3) is 11.0 Å². The zero-order chi connectivity index (χ0) is 15.6. The molecule has 8 heteroatoms. The molecule has 1 N–H and O–H groups in total. The lowest BCUT2D eigenvalue weighted by Crippen LogP contribution is -2.39. The lowest BCUT2D eigenvalue weighted by molar-refractivity contribution is 0.283. The van der Waals surface area contributed by atoms with Crippen molar-refractivity contribution in [3.8, 4) is 0 Å². The third kappa shape index (κ3) is 3.33. The molecule has 0 aliphatic carbocycles. The number of hydrogen-bond donors (Lipinski definition) is 1. The second-order valence-corrected chi connectivity index (χ2v) is 7.57. The summed E-state index contributed by atoms with van der Waals surface area (Å²) in [7, 11) is -3.06. The van der Waals surface area contributed by atoms with Crippen molar-refractivity contribution in [2.45, 2.75) is 12.8 Å². The minimum absolute atomic E-state index is 0.444. The van der Waals surface area contributed by atoms with Gasteiger partial charge in [-0.3, -0.25) is 0 Å². The molecule has 0 bridgehead atoms. The molecule has 3 rings (SSSR count). The Morgan fingerprint density at radius 1 is 1.27 bits per heavy atom. The number of piperidine rings is 1. The van der Waals surface area contributed by atoms with E-state index in [1.807, 2.05) is 12.1 Å². The van der Waals surface area contributed by atoms with Gasteiger partial charge in [-0.2, -0.15) is 0 Å². The van der Waals surface area contributed by atoms with Gasteiger partial charge in [0.1, 0.15) is 12.1 Å². The van der Waals surface area contributed by atoms with Crippen molar-refractivity contribution in [2.24, 2.45) is 5.92 Å². The second kappa shape index (κ2) is 6.13. The first-order chi connectivity index (χ1) is 10.5. The lowest BCUT2D eigenvalue weighted by atomic mass is 9.98. The number of nitrogens with one attached hydrogen (secondary N) is 1. The van der Waals surface area contributed by atoms with Crippen molar-refractivity contribution >= 4 is 26.9 Å². The largest absolute Gasteiger partial charge is 0.369 e. The molecule has 0 aromatic carbocycles. The maximum absolute atomic E-state index is 11.5. The maximum atomic E-state index is 11.5. The minimum atomic E-state index is -3.06. The Labute approximate surface area is 129 Å². The van der Waals surface area contributed by atoms with Crippen LogP contribution in [0.5, 0.6) is 0 Å². The summed E-state index contributed by atoms with van der Waals surface area (Å²) < 4.78 is 24.6. The monoisotopic (exact) mass is 321 g/mol. The summed E-state index contributed by atoms with van der Waals surface area (Å²) in [4.78, 5) is 12.6. The first kappa shape index (κ1) is 15.1. The van der Waals surface area contributed by atoms with Gasteiger partial charge in [0.25, 0.3) is 0 Å². The average molecular weight is 321 g/mol. The molecule has 1 fully saturated rings. The quantitative estimate of drug-likeness (QED) is 0.907. The van der Waals surface area contributed by atoms with E-state index in [0.717, 1.165) is 30.6 Å². The normalized spacial score (nSPS) is 17.7. The van der Waals surface area contributed by atoms with Crippen LogP contribution < -0.4 is 5.32 Å². The Kier molecular flexibility index (Phi) is 4.21. The molecule has 1 saturated heterocycles. The van der Waals surface area contributed by atoms with Crippen LogP contribution in [0, 0.1) is 5.92 Å². The Balaban J connectivity index is 1.61. The van der Waals surface area contributed by atoms with Gasteiger partial charge in [-0.15, -0.1) is 0 Å². The molecule has 0 saturated carbocycles. The number of hydrogen-bond acceptors (Lipinski definition) is 6. The minimum Gasteiger partial charge on any atom is -0.369 e. The van der Waals surface area contributed by atoms with Crippen LogP contribution in [0.15, 0.2) is 24.7 Å². The smallest absolute Gasteiger partial charge is 0.211 e. The highest BCUT2D eigenvalue weighted by Gasteiger charge is 2.24. The van der Waals surface area contributed by atoms with E-state index in [-0.39, 0.29) is 0 Å². The number of aromatic nitrogens is 3. The third-order valence-corrected chi connectivity index (χ3v) is 5.31. The third-order valence-electron chi connectivity index (χ3n) is 4.01. The van der Waals surface area contributed by atoms with E-state index in [1.165, 1.54) is 12.6 Å². The molecule has 0 atom stereocenters. The Morgan fingerprint density at radius 2 is 2.05 bits per heavy atom. The molecule has 3 heterocycles. The summed E-state index contributed by atoms with van der Waals surface area (Å²) in [5.74, 6) is 1.23. The second-order valence-electron chi connectivity index (χ2n) is 5.58. The molecule has 0 spiro atoms. The Hall–Kier alpha value is -1.80. The van der Waals surface area contributed by atoms with Crippen molar-refractivity contribution in [2.75, 3.05) is 31.2 Å². The van der Waals surface area contributed by atoms with Gasteiger partial charge in [0.2, 0.25) is 10.0 Å².